The number of amides is 3. The van der Waals surface area contributed by atoms with Gasteiger partial charge in [-0.05, 0) is 48.8 Å². The number of carbonyl (C=O) groups excluding carboxylic acids is 3. The molecule has 0 unspecified atom stereocenters. The summed E-state index contributed by atoms with van der Waals surface area (Å²) >= 11 is 12.3. The molecule has 1 heterocycles. The van der Waals surface area contributed by atoms with Crippen LogP contribution in [0.5, 0.6) is 0 Å². The Balaban J connectivity index is 1.47. The van der Waals surface area contributed by atoms with Crippen molar-refractivity contribution in [2.75, 3.05) is 5.32 Å². The normalized spacial score (nSPS) is 27.5. The van der Waals surface area contributed by atoms with Crippen molar-refractivity contribution in [3.63, 3.8) is 0 Å². The van der Waals surface area contributed by atoms with E-state index >= 15 is 0 Å². The number of hydrogen-bond donors (Lipinski definition) is 1. The predicted octanol–water partition coefficient (Wildman–Crippen LogP) is 4.57. The van der Waals surface area contributed by atoms with Gasteiger partial charge >= 0.3 is 0 Å². The maximum absolute atomic E-state index is 13.4. The molecule has 2 saturated carbocycles. The van der Waals surface area contributed by atoms with E-state index in [4.69, 9.17) is 23.2 Å². The number of rotatable bonds is 5. The second kappa shape index (κ2) is 7.95. The zero-order valence-corrected chi connectivity index (χ0v) is 18.3. The Kier molecular flexibility index (Phi) is 5.27. The number of imide groups is 1. The maximum atomic E-state index is 13.4. The molecule has 2 aromatic carbocycles. The molecule has 160 valence electrons. The Bertz CT molecular complexity index is 1030. The van der Waals surface area contributed by atoms with Gasteiger partial charge in [-0.15, -0.1) is 0 Å². The number of anilines is 1. The smallest absolute Gasteiger partial charge is 0.248 e. The van der Waals surface area contributed by atoms with Crippen LogP contribution in [0.15, 0.2) is 48.5 Å². The average molecular weight is 457 g/mol. The first-order chi connectivity index (χ1) is 15.0. The molecule has 3 amide bonds. The molecule has 3 aliphatic rings. The molecule has 7 heteroatoms. The fraction of sp³-hybridized carbons (Fsp3) is 0.375. The van der Waals surface area contributed by atoms with Gasteiger partial charge < -0.3 is 5.32 Å². The van der Waals surface area contributed by atoms with E-state index in [-0.39, 0.29) is 46.9 Å². The standard InChI is InChI=1S/C24H22Cl2N2O3/c25-16-7-4-8-17(21(16)26)27-22(29)18(11-13-5-2-1-3-6-13)28-23(30)19-14-9-10-15(12-14)20(19)24(28)31/h1-8,14-15,18-20H,9-12H2,(H,27,29)/t14-,15-,18-,19+,20+/m0/s1. The summed E-state index contributed by atoms with van der Waals surface area (Å²) in [5, 5.41) is 3.34. The van der Waals surface area contributed by atoms with Crippen molar-refractivity contribution in [3.05, 3.63) is 64.1 Å². The van der Waals surface area contributed by atoms with E-state index in [2.05, 4.69) is 5.32 Å². The second-order valence-electron chi connectivity index (χ2n) is 8.73. The van der Waals surface area contributed by atoms with Gasteiger partial charge in [-0.25, -0.2) is 0 Å². The van der Waals surface area contributed by atoms with Crippen molar-refractivity contribution < 1.29 is 14.4 Å². The average Bonchev–Trinajstić information content (AvgIpc) is 3.45. The van der Waals surface area contributed by atoms with Crippen LogP contribution in [0, 0.1) is 23.7 Å². The molecule has 5 nitrogen and oxygen atoms in total. The fourth-order valence-electron chi connectivity index (χ4n) is 5.69. The molecule has 0 aromatic heterocycles. The largest absolute Gasteiger partial charge is 0.323 e. The highest BCUT2D eigenvalue weighted by Crippen LogP contribution is 2.56. The summed E-state index contributed by atoms with van der Waals surface area (Å²) in [7, 11) is 0. The molecule has 2 bridgehead atoms. The van der Waals surface area contributed by atoms with Gasteiger partial charge in [-0.1, -0.05) is 59.6 Å². The first-order valence-electron chi connectivity index (χ1n) is 10.6. The number of hydrogen-bond acceptors (Lipinski definition) is 3. The zero-order chi connectivity index (χ0) is 21.7. The van der Waals surface area contributed by atoms with Crippen LogP contribution in [0.25, 0.3) is 0 Å². The molecule has 1 N–H and O–H groups in total. The van der Waals surface area contributed by atoms with Crippen molar-refractivity contribution in [2.45, 2.75) is 31.7 Å². The molecule has 31 heavy (non-hydrogen) atoms. The molecular formula is C24H22Cl2N2O3. The number of nitrogens with zero attached hydrogens (tertiary/aromatic N) is 1. The third-order valence-corrected chi connectivity index (χ3v) is 7.88. The van der Waals surface area contributed by atoms with Crippen LogP contribution in [0.3, 0.4) is 0 Å². The lowest BCUT2D eigenvalue weighted by Gasteiger charge is -2.27. The van der Waals surface area contributed by atoms with E-state index < -0.39 is 11.9 Å². The van der Waals surface area contributed by atoms with Crippen molar-refractivity contribution in [3.8, 4) is 0 Å². The van der Waals surface area contributed by atoms with E-state index in [1.807, 2.05) is 30.3 Å². The van der Waals surface area contributed by atoms with Crippen LogP contribution in [0.1, 0.15) is 24.8 Å². The lowest BCUT2D eigenvalue weighted by Crippen LogP contribution is -2.49. The number of halogens is 2. The van der Waals surface area contributed by atoms with Crippen molar-refractivity contribution >= 4 is 46.6 Å². The monoisotopic (exact) mass is 456 g/mol. The van der Waals surface area contributed by atoms with Gasteiger partial charge in [0.15, 0.2) is 0 Å². The molecule has 1 saturated heterocycles. The minimum atomic E-state index is -0.942. The number of fused-ring (bicyclic) bond motifs is 5. The Hall–Kier alpha value is -2.37. The summed E-state index contributed by atoms with van der Waals surface area (Å²) < 4.78 is 0. The van der Waals surface area contributed by atoms with Crippen LogP contribution in [0.2, 0.25) is 10.0 Å². The Morgan fingerprint density at radius 1 is 0.968 bits per heavy atom. The SMILES string of the molecule is O=C(Nc1cccc(Cl)c1Cl)[C@H](Cc1ccccc1)N1C(=O)[C@@H]2[C@H]3CC[C@@H](C3)[C@H]2C1=O. The molecule has 3 fully saturated rings. The summed E-state index contributed by atoms with van der Waals surface area (Å²) in [6, 6.07) is 13.4. The van der Waals surface area contributed by atoms with Gasteiger partial charge in [0.2, 0.25) is 17.7 Å². The summed E-state index contributed by atoms with van der Waals surface area (Å²) in [6.45, 7) is 0. The summed E-state index contributed by atoms with van der Waals surface area (Å²) in [4.78, 5) is 41.4. The minimum Gasteiger partial charge on any atom is -0.323 e. The number of likely N-dealkylation sites (tertiary alicyclic amines) is 1. The van der Waals surface area contributed by atoms with Gasteiger partial charge in [-0.3, -0.25) is 19.3 Å². The third-order valence-electron chi connectivity index (χ3n) is 7.06. The van der Waals surface area contributed by atoms with E-state index in [1.54, 1.807) is 18.2 Å². The topological polar surface area (TPSA) is 66.5 Å². The van der Waals surface area contributed by atoms with Crippen LogP contribution >= 0.6 is 23.2 Å². The lowest BCUT2D eigenvalue weighted by atomic mass is 9.81. The molecule has 5 atom stereocenters. The number of benzene rings is 2. The van der Waals surface area contributed by atoms with Gasteiger partial charge in [0.25, 0.3) is 0 Å². The fourth-order valence-corrected chi connectivity index (χ4v) is 6.04. The highest BCUT2D eigenvalue weighted by molar-refractivity contribution is 6.44. The van der Waals surface area contributed by atoms with Gasteiger partial charge in [0, 0.05) is 6.42 Å². The summed E-state index contributed by atoms with van der Waals surface area (Å²) in [5.74, 6) is -0.856. The van der Waals surface area contributed by atoms with E-state index in [1.165, 1.54) is 4.90 Å². The maximum Gasteiger partial charge on any atom is 0.248 e. The van der Waals surface area contributed by atoms with Crippen LogP contribution in [-0.4, -0.2) is 28.7 Å². The second-order valence-corrected chi connectivity index (χ2v) is 9.51. The number of nitrogens with one attached hydrogen (secondary N) is 1. The quantitative estimate of drug-likeness (QED) is 0.669. The minimum absolute atomic E-state index is 0.199. The molecule has 0 spiro atoms. The van der Waals surface area contributed by atoms with Gasteiger partial charge in [0.05, 0.1) is 27.6 Å². The molecule has 0 radical (unpaired) electrons. The highest BCUT2D eigenvalue weighted by atomic mass is 35.5. The number of carbonyl (C=O) groups is 3. The van der Waals surface area contributed by atoms with Crippen molar-refractivity contribution in [2.24, 2.45) is 23.7 Å². The van der Waals surface area contributed by atoms with Crippen molar-refractivity contribution in [1.29, 1.82) is 0 Å². The predicted molar refractivity (Wildman–Crippen MR) is 119 cm³/mol. The van der Waals surface area contributed by atoms with Crippen LogP contribution in [0.4, 0.5) is 5.69 Å². The van der Waals surface area contributed by atoms with Gasteiger partial charge in [0.1, 0.15) is 6.04 Å². The van der Waals surface area contributed by atoms with E-state index in [9.17, 15) is 14.4 Å². The summed E-state index contributed by atoms with van der Waals surface area (Å²) in [6.07, 6.45) is 3.18. The van der Waals surface area contributed by atoms with Crippen molar-refractivity contribution in [1.82, 2.24) is 4.90 Å². The van der Waals surface area contributed by atoms with Crippen LogP contribution in [-0.2, 0) is 20.8 Å². The first-order valence-corrected chi connectivity index (χ1v) is 11.4. The summed E-state index contributed by atoms with van der Waals surface area (Å²) in [5.41, 5.74) is 1.23. The van der Waals surface area contributed by atoms with Crippen LogP contribution < -0.4 is 5.32 Å². The molecule has 2 aliphatic carbocycles. The molecule has 1 aliphatic heterocycles. The van der Waals surface area contributed by atoms with E-state index in [0.29, 0.717) is 10.7 Å². The highest BCUT2D eigenvalue weighted by Gasteiger charge is 2.62. The molecule has 2 aromatic rings. The lowest BCUT2D eigenvalue weighted by molar-refractivity contribution is -0.147. The van der Waals surface area contributed by atoms with E-state index in [0.717, 1.165) is 24.8 Å². The third kappa shape index (κ3) is 3.44. The molecule has 5 rings (SSSR count). The molecular weight excluding hydrogens is 435 g/mol. The Morgan fingerprint density at radius 2 is 1.61 bits per heavy atom. The first kappa shape index (κ1) is 20.5. The Labute approximate surface area is 190 Å². The Morgan fingerprint density at radius 3 is 2.26 bits per heavy atom. The van der Waals surface area contributed by atoms with Gasteiger partial charge in [-0.2, -0.15) is 0 Å². The zero-order valence-electron chi connectivity index (χ0n) is 16.8.